The van der Waals surface area contributed by atoms with Gasteiger partial charge in [0.15, 0.2) is 0 Å². The molecule has 0 aliphatic heterocycles. The zero-order valence-corrected chi connectivity index (χ0v) is 8.28. The fraction of sp³-hybridized carbons (Fsp3) is 0.200. The lowest BCUT2D eigenvalue weighted by molar-refractivity contribution is -0.135. The van der Waals surface area contributed by atoms with Gasteiger partial charge in [0.1, 0.15) is 0 Å². The zero-order chi connectivity index (χ0) is 11.3. The summed E-state index contributed by atoms with van der Waals surface area (Å²) in [6.07, 6.45) is 0. The van der Waals surface area contributed by atoms with E-state index in [-0.39, 0.29) is 6.61 Å². The molecule has 1 aromatic carbocycles. The number of aliphatic hydroxyl groups excluding tert-OH is 1. The molecule has 0 aromatic heterocycles. The van der Waals surface area contributed by atoms with Crippen molar-refractivity contribution in [3.05, 3.63) is 29.8 Å². The first-order valence-electron chi connectivity index (χ1n) is 4.41. The second kappa shape index (κ2) is 5.11. The van der Waals surface area contributed by atoms with Gasteiger partial charge >= 0.3 is 11.8 Å². The largest absolute Gasteiger partial charge is 0.392 e. The van der Waals surface area contributed by atoms with Crippen molar-refractivity contribution >= 4 is 17.5 Å². The molecule has 0 spiro atoms. The van der Waals surface area contributed by atoms with Crippen LogP contribution in [0, 0.1) is 0 Å². The average Bonchev–Trinajstić information content (AvgIpc) is 2.28. The average molecular weight is 208 g/mol. The van der Waals surface area contributed by atoms with E-state index in [1.165, 1.54) is 7.05 Å². The molecule has 0 atom stereocenters. The quantitative estimate of drug-likeness (QED) is 0.592. The third-order valence-electron chi connectivity index (χ3n) is 1.87. The fourth-order valence-corrected chi connectivity index (χ4v) is 1.07. The summed E-state index contributed by atoms with van der Waals surface area (Å²) < 4.78 is 0. The highest BCUT2D eigenvalue weighted by molar-refractivity contribution is 6.39. The Hall–Kier alpha value is -1.88. The van der Waals surface area contributed by atoms with E-state index in [1.54, 1.807) is 24.3 Å². The molecule has 0 saturated heterocycles. The van der Waals surface area contributed by atoms with Gasteiger partial charge in [0, 0.05) is 18.3 Å². The number of nitrogens with one attached hydrogen (secondary N) is 2. The summed E-state index contributed by atoms with van der Waals surface area (Å²) in [4.78, 5) is 22.1. The minimum Gasteiger partial charge on any atom is -0.392 e. The lowest BCUT2D eigenvalue weighted by Gasteiger charge is -2.07. The van der Waals surface area contributed by atoms with Crippen LogP contribution in [0.1, 0.15) is 5.56 Å². The molecule has 0 saturated carbocycles. The van der Waals surface area contributed by atoms with Crippen LogP contribution in [0.15, 0.2) is 24.3 Å². The maximum atomic E-state index is 11.2. The van der Waals surface area contributed by atoms with Gasteiger partial charge in [-0.25, -0.2) is 0 Å². The van der Waals surface area contributed by atoms with Crippen molar-refractivity contribution in [2.45, 2.75) is 6.61 Å². The third kappa shape index (κ3) is 2.78. The molecule has 0 aliphatic rings. The van der Waals surface area contributed by atoms with Crippen molar-refractivity contribution in [3.8, 4) is 0 Å². The summed E-state index contributed by atoms with van der Waals surface area (Å²) >= 11 is 0. The predicted molar refractivity (Wildman–Crippen MR) is 55.1 cm³/mol. The summed E-state index contributed by atoms with van der Waals surface area (Å²) in [5.41, 5.74) is 1.00. The number of carbonyl (C=O) groups is 2. The summed E-state index contributed by atoms with van der Waals surface area (Å²) in [7, 11) is 1.37. The molecular weight excluding hydrogens is 196 g/mol. The first-order chi connectivity index (χ1) is 7.19. The molecule has 5 nitrogen and oxygen atoms in total. The Morgan fingerprint density at radius 1 is 1.27 bits per heavy atom. The SMILES string of the molecule is CNC(=O)C(=O)Nc1ccccc1CO. The normalized spacial score (nSPS) is 9.47. The number of anilines is 1. The molecule has 0 unspecified atom stereocenters. The van der Waals surface area contributed by atoms with Crippen LogP contribution in [-0.2, 0) is 16.2 Å². The standard InChI is InChI=1S/C10H12N2O3/c1-11-9(14)10(15)12-8-5-3-2-4-7(8)6-13/h2-5,13H,6H2,1H3,(H,11,14)(H,12,15). The van der Waals surface area contributed by atoms with Crippen molar-refractivity contribution in [1.82, 2.24) is 5.32 Å². The molecule has 0 heterocycles. The van der Waals surface area contributed by atoms with E-state index in [1.807, 2.05) is 0 Å². The lowest BCUT2D eigenvalue weighted by Crippen LogP contribution is -2.32. The number of benzene rings is 1. The highest BCUT2D eigenvalue weighted by Gasteiger charge is 2.12. The molecule has 3 N–H and O–H groups in total. The van der Waals surface area contributed by atoms with Gasteiger partial charge < -0.3 is 15.7 Å². The number of rotatable bonds is 2. The number of carbonyl (C=O) groups excluding carboxylic acids is 2. The third-order valence-corrected chi connectivity index (χ3v) is 1.87. The Labute approximate surface area is 87.1 Å². The van der Waals surface area contributed by atoms with Crippen LogP contribution in [0.2, 0.25) is 0 Å². The number of likely N-dealkylation sites (N-methyl/N-ethyl adjacent to an activating group) is 1. The highest BCUT2D eigenvalue weighted by Crippen LogP contribution is 2.14. The van der Waals surface area contributed by atoms with Crippen molar-refractivity contribution < 1.29 is 14.7 Å². The predicted octanol–water partition coefficient (Wildman–Crippen LogP) is -0.137. The van der Waals surface area contributed by atoms with Crippen LogP contribution < -0.4 is 10.6 Å². The molecule has 0 bridgehead atoms. The maximum Gasteiger partial charge on any atom is 0.313 e. The van der Waals surface area contributed by atoms with Gasteiger partial charge in [-0.05, 0) is 6.07 Å². The molecule has 80 valence electrons. The lowest BCUT2D eigenvalue weighted by atomic mass is 10.2. The van der Waals surface area contributed by atoms with E-state index < -0.39 is 11.8 Å². The van der Waals surface area contributed by atoms with Gasteiger partial charge in [-0.2, -0.15) is 0 Å². The van der Waals surface area contributed by atoms with E-state index in [0.717, 1.165) is 0 Å². The van der Waals surface area contributed by atoms with E-state index in [0.29, 0.717) is 11.3 Å². The van der Waals surface area contributed by atoms with Crippen LogP contribution in [0.4, 0.5) is 5.69 Å². The monoisotopic (exact) mass is 208 g/mol. The topological polar surface area (TPSA) is 78.4 Å². The van der Waals surface area contributed by atoms with Gasteiger partial charge in [0.2, 0.25) is 0 Å². The van der Waals surface area contributed by atoms with Crippen molar-refractivity contribution in [2.24, 2.45) is 0 Å². The Balaban J connectivity index is 2.80. The molecule has 0 aliphatic carbocycles. The van der Waals surface area contributed by atoms with Crippen LogP contribution in [0.5, 0.6) is 0 Å². The Morgan fingerprint density at radius 2 is 1.93 bits per heavy atom. The molecule has 15 heavy (non-hydrogen) atoms. The Kier molecular flexibility index (Phi) is 3.82. The number of amides is 2. The molecule has 1 rings (SSSR count). The number of hydrogen-bond donors (Lipinski definition) is 3. The summed E-state index contributed by atoms with van der Waals surface area (Å²) in [5.74, 6) is -1.47. The minimum atomic E-state index is -0.751. The Bertz CT molecular complexity index is 377. The van der Waals surface area contributed by atoms with Crippen LogP contribution in [0.25, 0.3) is 0 Å². The summed E-state index contributed by atoms with van der Waals surface area (Å²) in [6.45, 7) is -0.190. The van der Waals surface area contributed by atoms with E-state index in [9.17, 15) is 9.59 Å². The van der Waals surface area contributed by atoms with Gasteiger partial charge in [0.05, 0.1) is 6.61 Å². The summed E-state index contributed by atoms with van der Waals surface area (Å²) in [6, 6.07) is 6.73. The molecule has 5 heteroatoms. The molecular formula is C10H12N2O3. The van der Waals surface area contributed by atoms with Crippen LogP contribution >= 0.6 is 0 Å². The van der Waals surface area contributed by atoms with Gasteiger partial charge in [-0.1, -0.05) is 18.2 Å². The van der Waals surface area contributed by atoms with Crippen LogP contribution in [-0.4, -0.2) is 24.0 Å². The second-order valence-electron chi connectivity index (χ2n) is 2.85. The first kappa shape index (κ1) is 11.2. The van der Waals surface area contributed by atoms with Crippen molar-refractivity contribution in [1.29, 1.82) is 0 Å². The first-order valence-corrected chi connectivity index (χ1v) is 4.41. The molecule has 1 aromatic rings. The smallest absolute Gasteiger partial charge is 0.313 e. The summed E-state index contributed by atoms with van der Waals surface area (Å²) in [5, 5.41) is 13.6. The number of hydrogen-bond acceptors (Lipinski definition) is 3. The van der Waals surface area contributed by atoms with Gasteiger partial charge in [-0.3, -0.25) is 9.59 Å². The van der Waals surface area contributed by atoms with Crippen LogP contribution in [0.3, 0.4) is 0 Å². The van der Waals surface area contributed by atoms with E-state index in [4.69, 9.17) is 5.11 Å². The van der Waals surface area contributed by atoms with E-state index in [2.05, 4.69) is 10.6 Å². The van der Waals surface area contributed by atoms with Gasteiger partial charge in [0.25, 0.3) is 0 Å². The second-order valence-corrected chi connectivity index (χ2v) is 2.85. The maximum absolute atomic E-state index is 11.2. The highest BCUT2D eigenvalue weighted by atomic mass is 16.3. The van der Waals surface area contributed by atoms with Crippen molar-refractivity contribution in [2.75, 3.05) is 12.4 Å². The van der Waals surface area contributed by atoms with Gasteiger partial charge in [-0.15, -0.1) is 0 Å². The molecule has 2 amide bonds. The minimum absolute atomic E-state index is 0.190. The fourth-order valence-electron chi connectivity index (χ4n) is 1.07. The molecule has 0 fully saturated rings. The molecule has 0 radical (unpaired) electrons. The zero-order valence-electron chi connectivity index (χ0n) is 8.28. The van der Waals surface area contributed by atoms with Crippen molar-refractivity contribution in [3.63, 3.8) is 0 Å². The van der Waals surface area contributed by atoms with E-state index >= 15 is 0 Å². The number of aliphatic hydroxyl groups is 1. The number of para-hydroxylation sites is 1. The Morgan fingerprint density at radius 3 is 2.53 bits per heavy atom.